The highest BCUT2D eigenvalue weighted by atomic mass is 16.5. The second-order valence-electron chi connectivity index (χ2n) is 8.47. The third-order valence-electron chi connectivity index (χ3n) is 6.29. The van der Waals surface area contributed by atoms with E-state index in [2.05, 4.69) is 53.3 Å². The summed E-state index contributed by atoms with van der Waals surface area (Å²) in [4.78, 5) is 7.47. The van der Waals surface area contributed by atoms with E-state index in [4.69, 9.17) is 19.2 Å². The first-order valence-corrected chi connectivity index (χ1v) is 11.9. The van der Waals surface area contributed by atoms with Crippen LogP contribution >= 0.6 is 0 Å². The molecule has 33 heavy (non-hydrogen) atoms. The van der Waals surface area contributed by atoms with E-state index in [0.29, 0.717) is 6.61 Å². The Labute approximate surface area is 196 Å². The van der Waals surface area contributed by atoms with Crippen LogP contribution < -0.4 is 9.47 Å². The van der Waals surface area contributed by atoms with E-state index < -0.39 is 0 Å². The largest absolute Gasteiger partial charge is 0.493 e. The lowest BCUT2D eigenvalue weighted by Gasteiger charge is -2.32. The molecule has 1 saturated heterocycles. The summed E-state index contributed by atoms with van der Waals surface area (Å²) < 4.78 is 19.5. The fourth-order valence-corrected chi connectivity index (χ4v) is 4.46. The number of ether oxygens (including phenoxy) is 3. The Hall–Kier alpha value is -2.83. The number of rotatable bonds is 11. The van der Waals surface area contributed by atoms with Crippen molar-refractivity contribution in [3.63, 3.8) is 0 Å². The topological polar surface area (TPSA) is 48.8 Å². The molecule has 176 valence electrons. The van der Waals surface area contributed by atoms with E-state index in [1.54, 1.807) is 7.11 Å². The summed E-state index contributed by atoms with van der Waals surface area (Å²) >= 11 is 0. The summed E-state index contributed by atoms with van der Waals surface area (Å²) in [5.41, 5.74) is 3.43. The SMILES string of the molecule is C=CCc1ccc(OCCCCn2c(C(C)N3CCOCC3)nc3ccccc32)c(OC)c1. The van der Waals surface area contributed by atoms with Gasteiger partial charge in [0.25, 0.3) is 0 Å². The van der Waals surface area contributed by atoms with Crippen molar-refractivity contribution in [3.8, 4) is 11.5 Å². The molecule has 6 heteroatoms. The summed E-state index contributed by atoms with van der Waals surface area (Å²) in [6.07, 6.45) is 4.68. The molecule has 2 aromatic carbocycles. The number of allylic oxidation sites excluding steroid dienone is 1. The summed E-state index contributed by atoms with van der Waals surface area (Å²) in [7, 11) is 1.68. The van der Waals surface area contributed by atoms with Crippen LogP contribution in [-0.4, -0.2) is 54.5 Å². The fourth-order valence-electron chi connectivity index (χ4n) is 4.46. The normalized spacial score (nSPS) is 15.5. The van der Waals surface area contributed by atoms with Crippen LogP contribution in [0, 0.1) is 0 Å². The van der Waals surface area contributed by atoms with Crippen molar-refractivity contribution >= 4 is 11.0 Å². The van der Waals surface area contributed by atoms with E-state index >= 15 is 0 Å². The number of nitrogens with zero attached hydrogens (tertiary/aromatic N) is 3. The molecular formula is C27H35N3O3. The number of aryl methyl sites for hydroxylation is 1. The van der Waals surface area contributed by atoms with Crippen molar-refractivity contribution in [3.05, 3.63) is 66.5 Å². The molecule has 0 saturated carbocycles. The number of hydrogen-bond acceptors (Lipinski definition) is 5. The van der Waals surface area contributed by atoms with Crippen LogP contribution in [0.3, 0.4) is 0 Å². The van der Waals surface area contributed by atoms with Gasteiger partial charge in [-0.05, 0) is 56.0 Å². The van der Waals surface area contributed by atoms with Crippen LogP contribution in [0.4, 0.5) is 0 Å². The number of aromatic nitrogens is 2. The first-order chi connectivity index (χ1) is 16.2. The molecular weight excluding hydrogens is 414 g/mol. The van der Waals surface area contributed by atoms with Crippen molar-refractivity contribution in [2.24, 2.45) is 0 Å². The average Bonchev–Trinajstić information content (AvgIpc) is 3.23. The molecule has 2 heterocycles. The van der Waals surface area contributed by atoms with Gasteiger partial charge in [0.15, 0.2) is 11.5 Å². The lowest BCUT2D eigenvalue weighted by atomic mass is 10.1. The Morgan fingerprint density at radius 3 is 2.73 bits per heavy atom. The first kappa shape index (κ1) is 23.3. The van der Waals surface area contributed by atoms with E-state index in [-0.39, 0.29) is 6.04 Å². The van der Waals surface area contributed by atoms with Crippen LogP contribution in [0.25, 0.3) is 11.0 Å². The maximum absolute atomic E-state index is 6.04. The third kappa shape index (κ3) is 5.57. The molecule has 0 aliphatic carbocycles. The molecule has 6 nitrogen and oxygen atoms in total. The van der Waals surface area contributed by atoms with Crippen LogP contribution in [0.1, 0.15) is 37.2 Å². The summed E-state index contributed by atoms with van der Waals surface area (Å²) in [5.74, 6) is 2.70. The maximum Gasteiger partial charge on any atom is 0.161 e. The minimum Gasteiger partial charge on any atom is -0.493 e. The molecule has 3 aromatic rings. The zero-order valence-electron chi connectivity index (χ0n) is 19.8. The van der Waals surface area contributed by atoms with Gasteiger partial charge in [-0.3, -0.25) is 4.90 Å². The van der Waals surface area contributed by atoms with Gasteiger partial charge in [0.1, 0.15) is 5.82 Å². The Kier molecular flexibility index (Phi) is 8.02. The number of methoxy groups -OCH3 is 1. The van der Waals surface area contributed by atoms with Gasteiger partial charge in [0.05, 0.1) is 44.0 Å². The van der Waals surface area contributed by atoms with Gasteiger partial charge in [0, 0.05) is 19.6 Å². The van der Waals surface area contributed by atoms with Gasteiger partial charge in [-0.15, -0.1) is 6.58 Å². The Balaban J connectivity index is 1.39. The summed E-state index contributed by atoms with van der Waals surface area (Å²) in [5, 5.41) is 0. The van der Waals surface area contributed by atoms with Crippen molar-refractivity contribution in [2.45, 2.75) is 38.8 Å². The lowest BCUT2D eigenvalue weighted by molar-refractivity contribution is 0.0176. The molecule has 0 amide bonds. The minimum absolute atomic E-state index is 0.260. The molecule has 0 N–H and O–H groups in total. The number of morpholine rings is 1. The highest BCUT2D eigenvalue weighted by Gasteiger charge is 2.23. The Morgan fingerprint density at radius 1 is 1.12 bits per heavy atom. The molecule has 0 spiro atoms. The van der Waals surface area contributed by atoms with Crippen LogP contribution in [0.5, 0.6) is 11.5 Å². The number of fused-ring (bicyclic) bond motifs is 1. The van der Waals surface area contributed by atoms with Crippen molar-refractivity contribution in [1.82, 2.24) is 14.5 Å². The third-order valence-corrected chi connectivity index (χ3v) is 6.29. The van der Waals surface area contributed by atoms with E-state index in [0.717, 1.165) is 75.0 Å². The number of hydrogen-bond donors (Lipinski definition) is 0. The van der Waals surface area contributed by atoms with Crippen LogP contribution in [-0.2, 0) is 17.7 Å². The number of unbranched alkanes of at least 4 members (excludes halogenated alkanes) is 1. The molecule has 1 atom stereocenters. The number of benzene rings is 2. The van der Waals surface area contributed by atoms with Crippen molar-refractivity contribution < 1.29 is 14.2 Å². The second-order valence-corrected chi connectivity index (χ2v) is 8.47. The summed E-state index contributed by atoms with van der Waals surface area (Å²) in [6.45, 7) is 11.1. The lowest BCUT2D eigenvalue weighted by Crippen LogP contribution is -2.39. The molecule has 1 aliphatic rings. The van der Waals surface area contributed by atoms with Gasteiger partial charge < -0.3 is 18.8 Å². The highest BCUT2D eigenvalue weighted by molar-refractivity contribution is 5.76. The zero-order valence-corrected chi connectivity index (χ0v) is 19.8. The number of para-hydroxylation sites is 2. The Morgan fingerprint density at radius 2 is 1.94 bits per heavy atom. The van der Waals surface area contributed by atoms with Gasteiger partial charge in [0.2, 0.25) is 0 Å². The number of imidazole rings is 1. The molecule has 1 fully saturated rings. The zero-order chi connectivity index (χ0) is 23.0. The highest BCUT2D eigenvalue weighted by Crippen LogP contribution is 2.29. The maximum atomic E-state index is 6.04. The Bertz CT molecular complexity index is 1060. The van der Waals surface area contributed by atoms with E-state index in [1.165, 1.54) is 11.1 Å². The van der Waals surface area contributed by atoms with Gasteiger partial charge in [-0.25, -0.2) is 4.98 Å². The molecule has 1 aromatic heterocycles. The predicted molar refractivity (Wildman–Crippen MR) is 132 cm³/mol. The average molecular weight is 450 g/mol. The molecule has 1 unspecified atom stereocenters. The minimum atomic E-state index is 0.260. The molecule has 0 radical (unpaired) electrons. The fraction of sp³-hybridized carbons (Fsp3) is 0.444. The predicted octanol–water partition coefficient (Wildman–Crippen LogP) is 5.03. The summed E-state index contributed by atoms with van der Waals surface area (Å²) in [6, 6.07) is 14.8. The molecule has 0 bridgehead atoms. The van der Waals surface area contributed by atoms with Crippen LogP contribution in [0.15, 0.2) is 55.1 Å². The smallest absolute Gasteiger partial charge is 0.161 e. The van der Waals surface area contributed by atoms with Crippen molar-refractivity contribution in [2.75, 3.05) is 40.0 Å². The van der Waals surface area contributed by atoms with E-state index in [1.807, 2.05) is 18.2 Å². The quantitative estimate of drug-likeness (QED) is 0.304. The standard InChI is InChI=1S/C27H35N3O3/c1-4-9-22-12-13-25(26(20-22)31-3)33-17-8-7-14-30-24-11-6-5-10-23(24)28-27(30)21(2)29-15-18-32-19-16-29/h4-6,10-13,20-21H,1,7-9,14-19H2,2-3H3. The molecule has 1 aliphatic heterocycles. The molecule has 4 rings (SSSR count). The first-order valence-electron chi connectivity index (χ1n) is 11.9. The van der Waals surface area contributed by atoms with E-state index in [9.17, 15) is 0 Å². The second kappa shape index (κ2) is 11.3. The monoisotopic (exact) mass is 449 g/mol. The van der Waals surface area contributed by atoms with Crippen molar-refractivity contribution in [1.29, 1.82) is 0 Å². The van der Waals surface area contributed by atoms with Gasteiger partial charge in [-0.2, -0.15) is 0 Å². The van der Waals surface area contributed by atoms with Gasteiger partial charge in [-0.1, -0.05) is 24.3 Å². The van der Waals surface area contributed by atoms with Gasteiger partial charge >= 0.3 is 0 Å². The van der Waals surface area contributed by atoms with Crippen LogP contribution in [0.2, 0.25) is 0 Å².